The highest BCUT2D eigenvalue weighted by atomic mass is 16.3. The van der Waals surface area contributed by atoms with Crippen LogP contribution in [0.2, 0.25) is 0 Å². The van der Waals surface area contributed by atoms with E-state index < -0.39 is 0 Å². The van der Waals surface area contributed by atoms with Crippen molar-refractivity contribution in [3.05, 3.63) is 12.2 Å². The van der Waals surface area contributed by atoms with Gasteiger partial charge in [0.25, 0.3) is 0 Å². The molecule has 1 fully saturated rings. The molecule has 1 aliphatic heterocycles. The first-order valence-electron chi connectivity index (χ1n) is 6.56. The molecule has 0 amide bonds. The summed E-state index contributed by atoms with van der Waals surface area (Å²) in [4.78, 5) is 4.80. The minimum atomic E-state index is -0.241. The van der Waals surface area contributed by atoms with Gasteiger partial charge in [0.2, 0.25) is 0 Å². The van der Waals surface area contributed by atoms with E-state index in [9.17, 15) is 5.11 Å². The van der Waals surface area contributed by atoms with Crippen molar-refractivity contribution in [1.82, 2.24) is 9.80 Å². The number of piperazine rings is 1. The molecule has 0 aliphatic carbocycles. The minimum Gasteiger partial charge on any atom is -0.391 e. The Morgan fingerprint density at radius 1 is 1.18 bits per heavy atom. The van der Waals surface area contributed by atoms with Crippen LogP contribution in [0.1, 0.15) is 27.7 Å². The molecule has 0 radical (unpaired) electrons. The molecule has 1 aliphatic rings. The first-order chi connectivity index (χ1) is 7.79. The third kappa shape index (κ3) is 5.19. The average Bonchev–Trinajstić information content (AvgIpc) is 2.18. The third-order valence-corrected chi connectivity index (χ3v) is 3.39. The Balaban J connectivity index is 2.30. The zero-order valence-electron chi connectivity index (χ0n) is 11.9. The van der Waals surface area contributed by atoms with Crippen molar-refractivity contribution in [3.63, 3.8) is 0 Å². The van der Waals surface area contributed by atoms with Gasteiger partial charge in [-0.15, -0.1) is 0 Å². The van der Waals surface area contributed by atoms with Crippen LogP contribution in [0.4, 0.5) is 0 Å². The smallest absolute Gasteiger partial charge is 0.0715 e. The van der Waals surface area contributed by atoms with Crippen LogP contribution < -0.4 is 0 Å². The standard InChI is InChI=1S/C14H28N2O/c1-12(2)10-15-6-8-16(9-7-15)11-13(17)14(3,4)5/h13,17H,1,6-11H2,2-5H3/t13-/m1/s1. The van der Waals surface area contributed by atoms with Crippen molar-refractivity contribution in [1.29, 1.82) is 0 Å². The number of nitrogens with zero attached hydrogens (tertiary/aromatic N) is 2. The predicted octanol–water partition coefficient (Wildman–Crippen LogP) is 1.59. The molecule has 0 spiro atoms. The molecule has 0 unspecified atom stereocenters. The Morgan fingerprint density at radius 2 is 1.65 bits per heavy atom. The largest absolute Gasteiger partial charge is 0.391 e. The van der Waals surface area contributed by atoms with Gasteiger partial charge in [-0.1, -0.05) is 32.9 Å². The number of β-amino-alcohol motifs (C(OH)–C–C–N with tert-alkyl or cyclic N) is 1. The van der Waals surface area contributed by atoms with Crippen molar-refractivity contribution in [2.24, 2.45) is 5.41 Å². The van der Waals surface area contributed by atoms with Crippen LogP contribution in [0.3, 0.4) is 0 Å². The van der Waals surface area contributed by atoms with Crippen LogP contribution in [0, 0.1) is 5.41 Å². The molecule has 0 aromatic carbocycles. The lowest BCUT2D eigenvalue weighted by molar-refractivity contribution is 0.0145. The van der Waals surface area contributed by atoms with E-state index in [4.69, 9.17) is 0 Å². The van der Waals surface area contributed by atoms with Gasteiger partial charge in [-0.3, -0.25) is 9.80 Å². The summed E-state index contributed by atoms with van der Waals surface area (Å²) in [6, 6.07) is 0. The SMILES string of the molecule is C=C(C)CN1CCN(C[C@@H](O)C(C)(C)C)CC1. The number of aliphatic hydroxyl groups is 1. The topological polar surface area (TPSA) is 26.7 Å². The Bertz CT molecular complexity index is 249. The van der Waals surface area contributed by atoms with Crippen LogP contribution in [0.5, 0.6) is 0 Å². The summed E-state index contributed by atoms with van der Waals surface area (Å²) in [5, 5.41) is 10.1. The van der Waals surface area contributed by atoms with Gasteiger partial charge in [0.05, 0.1) is 6.10 Å². The summed E-state index contributed by atoms with van der Waals surface area (Å²) in [7, 11) is 0. The number of rotatable bonds is 4. The highest BCUT2D eigenvalue weighted by Crippen LogP contribution is 2.20. The molecular formula is C14H28N2O. The Labute approximate surface area is 106 Å². The zero-order chi connectivity index (χ0) is 13.1. The van der Waals surface area contributed by atoms with Crippen LogP contribution in [0.15, 0.2) is 12.2 Å². The maximum atomic E-state index is 10.1. The molecule has 1 rings (SSSR count). The summed E-state index contributed by atoms with van der Waals surface area (Å²) in [6.07, 6.45) is -0.241. The average molecular weight is 240 g/mol. The second-order valence-electron chi connectivity index (χ2n) is 6.42. The summed E-state index contributed by atoms with van der Waals surface area (Å²) in [6.45, 7) is 18.4. The Hall–Kier alpha value is -0.380. The zero-order valence-corrected chi connectivity index (χ0v) is 11.9. The lowest BCUT2D eigenvalue weighted by atomic mass is 9.89. The first-order valence-corrected chi connectivity index (χ1v) is 6.56. The molecule has 1 N–H and O–H groups in total. The second kappa shape index (κ2) is 5.98. The van der Waals surface area contributed by atoms with Gasteiger partial charge < -0.3 is 5.11 Å². The Kier molecular flexibility index (Phi) is 5.17. The van der Waals surface area contributed by atoms with Crippen LogP contribution in [-0.2, 0) is 0 Å². The number of hydrogen-bond acceptors (Lipinski definition) is 3. The Morgan fingerprint density at radius 3 is 2.06 bits per heavy atom. The molecule has 17 heavy (non-hydrogen) atoms. The highest BCUT2D eigenvalue weighted by molar-refractivity contribution is 4.93. The van der Waals surface area contributed by atoms with Crippen molar-refractivity contribution in [2.45, 2.75) is 33.8 Å². The van der Waals surface area contributed by atoms with Gasteiger partial charge in [-0.25, -0.2) is 0 Å². The molecule has 3 heteroatoms. The fourth-order valence-corrected chi connectivity index (χ4v) is 2.03. The second-order valence-corrected chi connectivity index (χ2v) is 6.42. The van der Waals surface area contributed by atoms with Gasteiger partial charge >= 0.3 is 0 Å². The maximum Gasteiger partial charge on any atom is 0.0715 e. The van der Waals surface area contributed by atoms with E-state index in [1.165, 1.54) is 5.57 Å². The van der Waals surface area contributed by atoms with Crippen molar-refractivity contribution < 1.29 is 5.11 Å². The molecule has 3 nitrogen and oxygen atoms in total. The highest BCUT2D eigenvalue weighted by Gasteiger charge is 2.26. The van der Waals surface area contributed by atoms with Crippen LogP contribution in [-0.4, -0.2) is 60.3 Å². The quantitative estimate of drug-likeness (QED) is 0.756. The lowest BCUT2D eigenvalue weighted by Crippen LogP contribution is -2.50. The van der Waals surface area contributed by atoms with Crippen LogP contribution in [0.25, 0.3) is 0 Å². The molecule has 1 heterocycles. The van der Waals surface area contributed by atoms with Gasteiger partial charge in [-0.05, 0) is 12.3 Å². The number of aliphatic hydroxyl groups excluding tert-OH is 1. The van der Waals surface area contributed by atoms with E-state index in [1.54, 1.807) is 0 Å². The lowest BCUT2D eigenvalue weighted by Gasteiger charge is -2.38. The first kappa shape index (κ1) is 14.7. The molecule has 0 bridgehead atoms. The van der Waals surface area contributed by atoms with E-state index in [2.05, 4.69) is 44.1 Å². The third-order valence-electron chi connectivity index (χ3n) is 3.39. The van der Waals surface area contributed by atoms with Gasteiger partial charge in [0.1, 0.15) is 0 Å². The van der Waals surface area contributed by atoms with E-state index in [-0.39, 0.29) is 11.5 Å². The summed E-state index contributed by atoms with van der Waals surface area (Å²) < 4.78 is 0. The molecular weight excluding hydrogens is 212 g/mol. The minimum absolute atomic E-state index is 0.0190. The molecule has 1 saturated heterocycles. The summed E-state index contributed by atoms with van der Waals surface area (Å²) in [5.41, 5.74) is 1.21. The van der Waals surface area contributed by atoms with E-state index in [0.717, 1.165) is 39.3 Å². The van der Waals surface area contributed by atoms with E-state index in [1.807, 2.05) is 0 Å². The van der Waals surface area contributed by atoms with Crippen molar-refractivity contribution in [3.8, 4) is 0 Å². The van der Waals surface area contributed by atoms with Gasteiger partial charge in [0, 0.05) is 39.3 Å². The van der Waals surface area contributed by atoms with Crippen molar-refractivity contribution >= 4 is 0 Å². The van der Waals surface area contributed by atoms with Gasteiger partial charge in [0.15, 0.2) is 0 Å². The molecule has 0 aromatic heterocycles. The monoisotopic (exact) mass is 240 g/mol. The predicted molar refractivity (Wildman–Crippen MR) is 73.2 cm³/mol. The molecule has 1 atom stereocenters. The van der Waals surface area contributed by atoms with Crippen LogP contribution >= 0.6 is 0 Å². The number of hydrogen-bond donors (Lipinski definition) is 1. The summed E-state index contributed by atoms with van der Waals surface area (Å²) in [5.74, 6) is 0. The summed E-state index contributed by atoms with van der Waals surface area (Å²) >= 11 is 0. The maximum absolute atomic E-state index is 10.1. The normalized spacial score (nSPS) is 21.5. The van der Waals surface area contributed by atoms with Crippen molar-refractivity contribution in [2.75, 3.05) is 39.3 Å². The van der Waals surface area contributed by atoms with E-state index >= 15 is 0 Å². The van der Waals surface area contributed by atoms with Gasteiger partial charge in [-0.2, -0.15) is 0 Å². The fourth-order valence-electron chi connectivity index (χ4n) is 2.03. The fraction of sp³-hybridized carbons (Fsp3) is 0.857. The molecule has 0 saturated carbocycles. The molecule has 0 aromatic rings. The van der Waals surface area contributed by atoms with E-state index in [0.29, 0.717) is 0 Å². The molecule has 100 valence electrons.